The first-order valence-electron chi connectivity index (χ1n) is 10.8. The molecule has 3 aromatic rings. The standard InChI is InChI=1S/C25H19ClF3NO6/c1-35-21-19-15(11-16(26)30-21)36-24(13-7-9-14(10-8-13)25(27,28)29)18(12-5-3-2-4-6-12)17(22(32)33)20(31)23(19,24)34/h2-11,17-18,20,31,34H,1H3,(H,32,33). The van der Waals surface area contributed by atoms with Crippen molar-refractivity contribution in [3.63, 3.8) is 0 Å². The topological polar surface area (TPSA) is 109 Å². The smallest absolute Gasteiger partial charge is 0.416 e. The van der Waals surface area contributed by atoms with Crippen LogP contribution in [0.1, 0.15) is 28.2 Å². The molecule has 36 heavy (non-hydrogen) atoms. The molecule has 0 amide bonds. The fraction of sp³-hybridized carbons (Fsp3) is 0.280. The van der Waals surface area contributed by atoms with Crippen LogP contribution in [-0.4, -0.2) is 39.5 Å². The molecule has 5 atom stereocenters. The lowest BCUT2D eigenvalue weighted by molar-refractivity contribution is -0.159. The van der Waals surface area contributed by atoms with E-state index in [1.807, 2.05) is 0 Å². The van der Waals surface area contributed by atoms with Crippen molar-refractivity contribution in [1.82, 2.24) is 4.98 Å². The van der Waals surface area contributed by atoms with Gasteiger partial charge in [0, 0.05) is 12.0 Å². The van der Waals surface area contributed by atoms with Crippen LogP contribution in [-0.2, 0) is 22.2 Å². The summed E-state index contributed by atoms with van der Waals surface area (Å²) in [4.78, 5) is 16.5. The molecule has 1 aliphatic carbocycles. The number of carbonyl (C=O) groups is 1. The Bertz CT molecular complexity index is 1340. The molecule has 2 aliphatic rings. The van der Waals surface area contributed by atoms with Crippen LogP contribution in [0.3, 0.4) is 0 Å². The van der Waals surface area contributed by atoms with E-state index in [4.69, 9.17) is 21.1 Å². The molecule has 2 heterocycles. The first-order valence-corrected chi connectivity index (χ1v) is 11.1. The van der Waals surface area contributed by atoms with E-state index in [0.717, 1.165) is 24.3 Å². The van der Waals surface area contributed by atoms with Crippen molar-refractivity contribution in [2.45, 2.75) is 29.4 Å². The molecule has 3 N–H and O–H groups in total. The van der Waals surface area contributed by atoms with Crippen LogP contribution in [0.5, 0.6) is 11.6 Å². The molecule has 188 valence electrons. The van der Waals surface area contributed by atoms with Gasteiger partial charge in [-0.2, -0.15) is 13.2 Å². The molecule has 0 saturated heterocycles. The van der Waals surface area contributed by atoms with Crippen molar-refractivity contribution in [3.8, 4) is 11.6 Å². The van der Waals surface area contributed by atoms with E-state index in [-0.39, 0.29) is 27.9 Å². The summed E-state index contributed by atoms with van der Waals surface area (Å²) >= 11 is 6.11. The zero-order chi connectivity index (χ0) is 26.0. The van der Waals surface area contributed by atoms with Crippen molar-refractivity contribution >= 4 is 17.6 Å². The lowest BCUT2D eigenvalue weighted by atomic mass is 9.70. The number of halogens is 4. The molecule has 2 aromatic carbocycles. The number of aliphatic carboxylic acids is 1. The fourth-order valence-corrected chi connectivity index (χ4v) is 5.77. The quantitative estimate of drug-likeness (QED) is 0.444. The summed E-state index contributed by atoms with van der Waals surface area (Å²) in [5.74, 6) is -4.56. The van der Waals surface area contributed by atoms with Gasteiger partial charge in [-0.1, -0.05) is 54.1 Å². The van der Waals surface area contributed by atoms with Gasteiger partial charge in [-0.25, -0.2) is 4.98 Å². The highest BCUT2D eigenvalue weighted by molar-refractivity contribution is 6.29. The fourth-order valence-electron chi connectivity index (χ4n) is 5.60. The van der Waals surface area contributed by atoms with Gasteiger partial charge in [0.1, 0.15) is 17.0 Å². The van der Waals surface area contributed by atoms with Crippen LogP contribution in [0.2, 0.25) is 5.15 Å². The van der Waals surface area contributed by atoms with Crippen molar-refractivity contribution in [1.29, 1.82) is 0 Å². The normalized spacial score (nSPS) is 28.8. The SMILES string of the molecule is COc1nc(Cl)cc2c1C1(O)C(O)C(C(=O)O)C(c3ccccc3)C1(c1ccc(C(F)(F)F)cc1)O2. The van der Waals surface area contributed by atoms with E-state index in [9.17, 15) is 33.3 Å². The Kier molecular flexibility index (Phi) is 5.47. The van der Waals surface area contributed by atoms with Gasteiger partial charge in [0.05, 0.1) is 24.2 Å². The number of carboxylic acids is 1. The number of alkyl halides is 3. The Morgan fingerprint density at radius 1 is 1.14 bits per heavy atom. The molecular weight excluding hydrogens is 503 g/mol. The maximum absolute atomic E-state index is 13.3. The summed E-state index contributed by atoms with van der Waals surface area (Å²) in [6.07, 6.45) is -6.61. The second kappa shape index (κ2) is 8.09. The molecule has 1 saturated carbocycles. The van der Waals surface area contributed by atoms with E-state index in [1.54, 1.807) is 30.3 Å². The molecule has 0 spiro atoms. The minimum atomic E-state index is -4.63. The van der Waals surface area contributed by atoms with E-state index in [2.05, 4.69) is 4.98 Å². The van der Waals surface area contributed by atoms with Crippen LogP contribution in [0, 0.1) is 5.92 Å². The first kappa shape index (κ1) is 24.4. The average Bonchev–Trinajstić information content (AvgIpc) is 3.21. The second-order valence-corrected chi connectivity index (χ2v) is 9.09. The number of fused-ring (bicyclic) bond motifs is 3. The monoisotopic (exact) mass is 521 g/mol. The van der Waals surface area contributed by atoms with E-state index in [1.165, 1.54) is 13.2 Å². The molecule has 0 bridgehead atoms. The Labute approximate surface area is 207 Å². The van der Waals surface area contributed by atoms with Crippen molar-refractivity contribution < 1.29 is 42.8 Å². The average molecular weight is 522 g/mol. The molecular formula is C25H19ClF3NO6. The lowest BCUT2D eigenvalue weighted by Gasteiger charge is -2.40. The molecule has 1 aromatic heterocycles. The zero-order valence-corrected chi connectivity index (χ0v) is 19.3. The van der Waals surface area contributed by atoms with Gasteiger partial charge in [0.15, 0.2) is 11.2 Å². The number of benzene rings is 2. The summed E-state index contributed by atoms with van der Waals surface area (Å²) in [6.45, 7) is 0. The number of aromatic nitrogens is 1. The molecule has 1 aliphatic heterocycles. The highest BCUT2D eigenvalue weighted by atomic mass is 35.5. The number of hydrogen-bond acceptors (Lipinski definition) is 6. The van der Waals surface area contributed by atoms with Crippen LogP contribution in [0.15, 0.2) is 60.7 Å². The van der Waals surface area contributed by atoms with Gasteiger partial charge in [-0.15, -0.1) is 0 Å². The number of aliphatic hydroxyl groups excluding tert-OH is 1. The highest BCUT2D eigenvalue weighted by Crippen LogP contribution is 2.69. The van der Waals surface area contributed by atoms with Gasteiger partial charge in [-0.05, 0) is 23.3 Å². The maximum atomic E-state index is 13.3. The number of carboxylic acid groups (broad SMARTS) is 1. The molecule has 5 unspecified atom stereocenters. The minimum Gasteiger partial charge on any atom is -0.481 e. The van der Waals surface area contributed by atoms with Crippen LogP contribution < -0.4 is 9.47 Å². The number of ether oxygens (including phenoxy) is 2. The van der Waals surface area contributed by atoms with Crippen LogP contribution in [0.4, 0.5) is 13.2 Å². The number of rotatable bonds is 4. The summed E-state index contributed by atoms with van der Waals surface area (Å²) < 4.78 is 51.6. The Hall–Kier alpha value is -3.34. The maximum Gasteiger partial charge on any atom is 0.416 e. The summed E-state index contributed by atoms with van der Waals surface area (Å²) in [5, 5.41) is 33.9. The van der Waals surface area contributed by atoms with Gasteiger partial charge in [-0.3, -0.25) is 4.79 Å². The van der Waals surface area contributed by atoms with Crippen molar-refractivity contribution in [2.75, 3.05) is 7.11 Å². The molecule has 11 heteroatoms. The second-order valence-electron chi connectivity index (χ2n) is 8.70. The van der Waals surface area contributed by atoms with Crippen LogP contribution >= 0.6 is 11.6 Å². The number of pyridine rings is 1. The van der Waals surface area contributed by atoms with Crippen molar-refractivity contribution in [3.05, 3.63) is 88.1 Å². The Morgan fingerprint density at radius 2 is 1.78 bits per heavy atom. The summed E-state index contributed by atoms with van der Waals surface area (Å²) in [6, 6.07) is 13.3. The van der Waals surface area contributed by atoms with E-state index < -0.39 is 46.9 Å². The zero-order valence-electron chi connectivity index (χ0n) is 18.5. The third-order valence-electron chi connectivity index (χ3n) is 6.98. The highest BCUT2D eigenvalue weighted by Gasteiger charge is 2.78. The van der Waals surface area contributed by atoms with Gasteiger partial charge in [0.25, 0.3) is 0 Å². The van der Waals surface area contributed by atoms with E-state index >= 15 is 0 Å². The lowest BCUT2D eigenvalue weighted by Crippen LogP contribution is -2.52. The van der Waals surface area contributed by atoms with Crippen LogP contribution in [0.25, 0.3) is 0 Å². The van der Waals surface area contributed by atoms with Gasteiger partial charge < -0.3 is 24.8 Å². The summed E-state index contributed by atoms with van der Waals surface area (Å²) in [7, 11) is 1.24. The first-order chi connectivity index (χ1) is 17.0. The Balaban J connectivity index is 1.87. The minimum absolute atomic E-state index is 0.0176. The number of methoxy groups -OCH3 is 1. The predicted molar refractivity (Wildman–Crippen MR) is 120 cm³/mol. The van der Waals surface area contributed by atoms with E-state index in [0.29, 0.717) is 5.56 Å². The molecule has 7 nitrogen and oxygen atoms in total. The third-order valence-corrected chi connectivity index (χ3v) is 7.17. The van der Waals surface area contributed by atoms with Crippen molar-refractivity contribution in [2.24, 2.45) is 5.92 Å². The Morgan fingerprint density at radius 3 is 2.33 bits per heavy atom. The molecule has 1 fully saturated rings. The largest absolute Gasteiger partial charge is 0.481 e. The predicted octanol–water partition coefficient (Wildman–Crippen LogP) is 4.10. The number of nitrogens with zero attached hydrogens (tertiary/aromatic N) is 1. The third kappa shape index (κ3) is 3.14. The summed E-state index contributed by atoms with van der Waals surface area (Å²) in [5.41, 5.74) is -5.27. The number of hydrogen-bond donors (Lipinski definition) is 3. The van der Waals surface area contributed by atoms with Gasteiger partial charge in [0.2, 0.25) is 5.88 Å². The number of aliphatic hydroxyl groups is 2. The molecule has 0 radical (unpaired) electrons. The van der Waals surface area contributed by atoms with Gasteiger partial charge >= 0.3 is 12.1 Å². The molecule has 5 rings (SSSR count).